The summed E-state index contributed by atoms with van der Waals surface area (Å²) in [6.07, 6.45) is 2.48. The summed E-state index contributed by atoms with van der Waals surface area (Å²) >= 11 is 0. The number of methoxy groups -OCH3 is 4. The molecule has 0 N–H and O–H groups in total. The van der Waals surface area contributed by atoms with Gasteiger partial charge < -0.3 is 23.7 Å². The van der Waals surface area contributed by atoms with Crippen molar-refractivity contribution in [1.29, 1.82) is 5.26 Å². The molecule has 0 spiro atoms. The number of ether oxygens (including phenoxy) is 5. The van der Waals surface area contributed by atoms with E-state index in [-0.39, 0.29) is 12.4 Å². The van der Waals surface area contributed by atoms with Gasteiger partial charge in [-0.3, -0.25) is 4.79 Å². The Morgan fingerprint density at radius 1 is 0.800 bits per heavy atom. The first-order valence-electron chi connectivity index (χ1n) is 10.9. The van der Waals surface area contributed by atoms with Crippen LogP contribution in [0, 0.1) is 11.3 Å². The Bertz CT molecular complexity index is 1240. The highest BCUT2D eigenvalue weighted by molar-refractivity contribution is 5.90. The summed E-state index contributed by atoms with van der Waals surface area (Å²) in [6, 6.07) is 20.0. The number of aryl methyl sites for hydroxylation is 1. The lowest BCUT2D eigenvalue weighted by Crippen LogP contribution is -2.09. The van der Waals surface area contributed by atoms with E-state index in [0.717, 1.165) is 11.1 Å². The lowest BCUT2D eigenvalue weighted by Gasteiger charge is -2.10. The number of nitrogens with zero attached hydrogens (tertiary/aromatic N) is 1. The minimum Gasteiger partial charge on any atom is -0.493 e. The fraction of sp³-hybridized carbons (Fsp3) is 0.214. The molecule has 3 aromatic rings. The van der Waals surface area contributed by atoms with E-state index >= 15 is 0 Å². The Kier molecular flexibility index (Phi) is 8.74. The first kappa shape index (κ1) is 25.2. The largest absolute Gasteiger partial charge is 0.493 e. The van der Waals surface area contributed by atoms with E-state index in [1.165, 1.54) is 0 Å². The van der Waals surface area contributed by atoms with Crippen LogP contribution in [0.15, 0.2) is 60.7 Å². The molecular weight excluding hydrogens is 446 g/mol. The summed E-state index contributed by atoms with van der Waals surface area (Å²) in [7, 11) is 6.25. The molecule has 3 aromatic carbocycles. The van der Waals surface area contributed by atoms with E-state index in [4.69, 9.17) is 23.7 Å². The smallest absolute Gasteiger partial charge is 0.311 e. The lowest BCUT2D eigenvalue weighted by atomic mass is 10.0. The SMILES string of the molecule is COc1ccc(CCC(=O)Oc2ccc(/C=C(/C#N)c3ccc(OC)c(OC)c3)cc2)cc1OC. The maximum atomic E-state index is 12.3. The van der Waals surface area contributed by atoms with Gasteiger partial charge in [0.15, 0.2) is 23.0 Å². The Morgan fingerprint density at radius 2 is 1.40 bits per heavy atom. The Balaban J connectivity index is 1.63. The van der Waals surface area contributed by atoms with E-state index in [1.54, 1.807) is 77.0 Å². The zero-order valence-corrected chi connectivity index (χ0v) is 20.2. The highest BCUT2D eigenvalue weighted by atomic mass is 16.5. The quantitative estimate of drug-likeness (QED) is 0.170. The van der Waals surface area contributed by atoms with Crippen molar-refractivity contribution in [2.24, 2.45) is 0 Å². The summed E-state index contributed by atoms with van der Waals surface area (Å²) in [5.74, 6) is 2.48. The van der Waals surface area contributed by atoms with E-state index in [2.05, 4.69) is 6.07 Å². The van der Waals surface area contributed by atoms with Crippen LogP contribution in [-0.4, -0.2) is 34.4 Å². The molecular formula is C28H27NO6. The molecule has 7 nitrogen and oxygen atoms in total. The second-order valence-corrected chi connectivity index (χ2v) is 7.47. The fourth-order valence-corrected chi connectivity index (χ4v) is 3.45. The summed E-state index contributed by atoms with van der Waals surface area (Å²) in [5, 5.41) is 9.65. The van der Waals surface area contributed by atoms with Gasteiger partial charge >= 0.3 is 5.97 Å². The summed E-state index contributed by atoms with van der Waals surface area (Å²) in [4.78, 5) is 12.3. The van der Waals surface area contributed by atoms with E-state index in [0.29, 0.717) is 46.3 Å². The predicted octanol–water partition coefficient (Wildman–Crippen LogP) is 5.32. The van der Waals surface area contributed by atoms with Crippen LogP contribution in [-0.2, 0) is 11.2 Å². The number of esters is 1. The summed E-state index contributed by atoms with van der Waals surface area (Å²) in [6.45, 7) is 0. The third-order valence-electron chi connectivity index (χ3n) is 5.30. The van der Waals surface area contributed by atoms with Crippen molar-refractivity contribution in [3.8, 4) is 34.8 Å². The molecule has 0 bridgehead atoms. The van der Waals surface area contributed by atoms with Crippen LogP contribution in [0.2, 0.25) is 0 Å². The van der Waals surface area contributed by atoms with Gasteiger partial charge in [0.05, 0.1) is 40.1 Å². The summed E-state index contributed by atoms with van der Waals surface area (Å²) < 4.78 is 26.6. The Labute approximate surface area is 205 Å². The number of hydrogen-bond donors (Lipinski definition) is 0. The van der Waals surface area contributed by atoms with Crippen LogP contribution >= 0.6 is 0 Å². The van der Waals surface area contributed by atoms with Gasteiger partial charge in [0.2, 0.25) is 0 Å². The molecule has 0 unspecified atom stereocenters. The van der Waals surface area contributed by atoms with Crippen molar-refractivity contribution in [1.82, 2.24) is 0 Å². The van der Waals surface area contributed by atoms with Crippen LogP contribution in [0.5, 0.6) is 28.7 Å². The minimum atomic E-state index is -0.342. The molecule has 0 fully saturated rings. The van der Waals surface area contributed by atoms with Crippen LogP contribution in [0.1, 0.15) is 23.1 Å². The first-order valence-corrected chi connectivity index (χ1v) is 10.9. The molecule has 7 heteroatoms. The third kappa shape index (κ3) is 6.55. The van der Waals surface area contributed by atoms with Crippen LogP contribution in [0.3, 0.4) is 0 Å². The van der Waals surface area contributed by atoms with Gasteiger partial charge in [0.25, 0.3) is 0 Å². The zero-order chi connectivity index (χ0) is 25.2. The Morgan fingerprint density at radius 3 is 2.00 bits per heavy atom. The minimum absolute atomic E-state index is 0.217. The molecule has 0 saturated heterocycles. The fourth-order valence-electron chi connectivity index (χ4n) is 3.45. The number of nitriles is 1. The molecule has 0 aromatic heterocycles. The van der Waals surface area contributed by atoms with Gasteiger partial charge in [0, 0.05) is 6.42 Å². The number of allylic oxidation sites excluding steroid dienone is 1. The van der Waals surface area contributed by atoms with Crippen molar-refractivity contribution in [3.63, 3.8) is 0 Å². The molecule has 0 heterocycles. The predicted molar refractivity (Wildman–Crippen MR) is 133 cm³/mol. The van der Waals surface area contributed by atoms with E-state index in [1.807, 2.05) is 18.2 Å². The molecule has 35 heavy (non-hydrogen) atoms. The number of benzene rings is 3. The highest BCUT2D eigenvalue weighted by Crippen LogP contribution is 2.31. The standard InChI is InChI=1S/C28H27NO6/c1-31-24-12-7-20(16-26(24)33-3)8-14-28(30)35-23-10-5-19(6-11-23)15-22(18-29)21-9-13-25(32-2)27(17-21)34-4/h5-7,9-13,15-17H,8,14H2,1-4H3/b22-15-. The average molecular weight is 474 g/mol. The molecule has 0 saturated carbocycles. The van der Waals surface area contributed by atoms with Crippen LogP contribution in [0.25, 0.3) is 11.6 Å². The molecule has 0 aliphatic rings. The average Bonchev–Trinajstić information content (AvgIpc) is 2.90. The van der Waals surface area contributed by atoms with Crippen molar-refractivity contribution in [3.05, 3.63) is 77.4 Å². The second kappa shape index (κ2) is 12.1. The van der Waals surface area contributed by atoms with Gasteiger partial charge in [-0.05, 0) is 71.7 Å². The third-order valence-corrected chi connectivity index (χ3v) is 5.30. The molecule has 180 valence electrons. The maximum absolute atomic E-state index is 12.3. The number of rotatable bonds is 10. The number of carbonyl (C=O) groups is 1. The van der Waals surface area contributed by atoms with Gasteiger partial charge in [0.1, 0.15) is 5.75 Å². The second-order valence-electron chi connectivity index (χ2n) is 7.47. The van der Waals surface area contributed by atoms with E-state index < -0.39 is 0 Å². The molecule has 0 aliphatic carbocycles. The number of hydrogen-bond acceptors (Lipinski definition) is 7. The monoisotopic (exact) mass is 473 g/mol. The number of carbonyl (C=O) groups excluding carboxylic acids is 1. The lowest BCUT2D eigenvalue weighted by molar-refractivity contribution is -0.134. The van der Waals surface area contributed by atoms with Crippen LogP contribution < -0.4 is 23.7 Å². The van der Waals surface area contributed by atoms with E-state index in [9.17, 15) is 10.1 Å². The normalized spacial score (nSPS) is 10.8. The molecule has 0 amide bonds. The highest BCUT2D eigenvalue weighted by Gasteiger charge is 2.10. The van der Waals surface area contributed by atoms with Gasteiger partial charge in [-0.15, -0.1) is 0 Å². The van der Waals surface area contributed by atoms with Gasteiger partial charge in [-0.2, -0.15) is 5.26 Å². The van der Waals surface area contributed by atoms with Crippen LogP contribution in [0.4, 0.5) is 0 Å². The maximum Gasteiger partial charge on any atom is 0.311 e. The molecule has 0 radical (unpaired) electrons. The van der Waals surface area contributed by atoms with Crippen molar-refractivity contribution in [2.45, 2.75) is 12.8 Å². The van der Waals surface area contributed by atoms with Gasteiger partial charge in [-0.1, -0.05) is 18.2 Å². The summed E-state index contributed by atoms with van der Waals surface area (Å²) in [5.41, 5.74) is 2.90. The zero-order valence-electron chi connectivity index (χ0n) is 20.2. The molecule has 0 atom stereocenters. The Hall–Kier alpha value is -4.44. The van der Waals surface area contributed by atoms with Crippen molar-refractivity contribution < 1.29 is 28.5 Å². The first-order chi connectivity index (χ1) is 17.0. The van der Waals surface area contributed by atoms with Crippen molar-refractivity contribution in [2.75, 3.05) is 28.4 Å². The topological polar surface area (TPSA) is 87.0 Å². The van der Waals surface area contributed by atoms with Gasteiger partial charge in [-0.25, -0.2) is 0 Å². The molecule has 0 aliphatic heterocycles. The van der Waals surface area contributed by atoms with Crippen molar-refractivity contribution >= 4 is 17.6 Å². The molecule has 3 rings (SSSR count).